The molecule has 0 bridgehead atoms. The third-order valence-corrected chi connectivity index (χ3v) is 9.65. The normalized spacial score (nSPS) is 19.8. The van der Waals surface area contributed by atoms with Crippen molar-refractivity contribution >= 4 is 40.6 Å². The molecule has 51 heavy (non-hydrogen) atoms. The van der Waals surface area contributed by atoms with Crippen LogP contribution in [0.1, 0.15) is 102 Å². The van der Waals surface area contributed by atoms with Crippen molar-refractivity contribution in [3.63, 3.8) is 0 Å². The van der Waals surface area contributed by atoms with Crippen molar-refractivity contribution in [2.75, 3.05) is 50.0 Å². The Morgan fingerprint density at radius 1 is 0.784 bits per heavy atom. The van der Waals surface area contributed by atoms with Gasteiger partial charge in [-0.15, -0.1) is 0 Å². The molecule has 1 atom stereocenters. The average Bonchev–Trinajstić information content (AvgIpc) is 3.66. The van der Waals surface area contributed by atoms with Gasteiger partial charge in [0.15, 0.2) is 0 Å². The van der Waals surface area contributed by atoms with Crippen molar-refractivity contribution in [3.8, 4) is 0 Å². The number of nitrogens with zero attached hydrogens (tertiary/aromatic N) is 6. The number of carbonyl (C=O) groups is 3. The van der Waals surface area contributed by atoms with Gasteiger partial charge in [0, 0.05) is 55.7 Å². The molecule has 13 nitrogen and oxygen atoms in total. The summed E-state index contributed by atoms with van der Waals surface area (Å²) in [5.41, 5.74) is 0.747. The number of piperidine rings is 2. The van der Waals surface area contributed by atoms with Crippen molar-refractivity contribution in [1.82, 2.24) is 24.3 Å². The molecule has 6 rings (SSSR count). The van der Waals surface area contributed by atoms with Crippen LogP contribution in [0.15, 0.2) is 36.7 Å². The van der Waals surface area contributed by atoms with Gasteiger partial charge in [-0.1, -0.05) is 0 Å². The lowest BCUT2D eigenvalue weighted by Gasteiger charge is -2.37. The van der Waals surface area contributed by atoms with Gasteiger partial charge in [0.25, 0.3) is 5.91 Å². The Morgan fingerprint density at radius 2 is 1.43 bits per heavy atom. The molecule has 0 aliphatic carbocycles. The van der Waals surface area contributed by atoms with E-state index in [1.54, 1.807) is 34.0 Å². The van der Waals surface area contributed by atoms with Crippen LogP contribution in [0.5, 0.6) is 0 Å². The largest absolute Gasteiger partial charge is 0.444 e. The highest BCUT2D eigenvalue weighted by Gasteiger charge is 2.32. The van der Waals surface area contributed by atoms with Gasteiger partial charge in [-0.25, -0.2) is 24.1 Å². The van der Waals surface area contributed by atoms with Gasteiger partial charge in [-0.05, 0) is 112 Å². The lowest BCUT2D eigenvalue weighted by atomic mass is 10.0. The topological polar surface area (TPSA) is 131 Å². The molecular formula is C38H53N7O6. The van der Waals surface area contributed by atoms with E-state index in [9.17, 15) is 14.4 Å². The fourth-order valence-electron chi connectivity index (χ4n) is 7.12. The summed E-state index contributed by atoms with van der Waals surface area (Å²) in [5, 5.41) is 3.69. The fourth-order valence-corrected chi connectivity index (χ4v) is 7.12. The number of fused-ring (bicyclic) bond motifs is 1. The molecule has 6 heterocycles. The number of anilines is 2. The first-order valence-electron chi connectivity index (χ1n) is 18.2. The Bertz CT molecular complexity index is 1710. The molecule has 1 N–H and O–H groups in total. The SMILES string of the molecule is CN1CCC[C@@H]1c1cc2cnc(NC(=O)c3ccc(N4CCC(OC5CCN(C(=O)OC(C)(C)C)CC5)CC4)nc3)cc2n1C(=O)OC(C)(C)C. The van der Waals surface area contributed by atoms with Gasteiger partial charge in [-0.2, -0.15) is 0 Å². The van der Waals surface area contributed by atoms with Crippen LogP contribution in [-0.4, -0.2) is 106 Å². The molecule has 3 saturated heterocycles. The van der Waals surface area contributed by atoms with E-state index >= 15 is 0 Å². The molecule has 3 aromatic rings. The first-order valence-corrected chi connectivity index (χ1v) is 18.2. The second-order valence-electron chi connectivity index (χ2n) is 16.0. The Morgan fingerprint density at radius 3 is 2.02 bits per heavy atom. The zero-order chi connectivity index (χ0) is 36.5. The summed E-state index contributed by atoms with van der Waals surface area (Å²) in [6.45, 7) is 15.1. The van der Waals surface area contributed by atoms with E-state index in [4.69, 9.17) is 14.2 Å². The maximum absolute atomic E-state index is 13.5. The van der Waals surface area contributed by atoms with E-state index in [-0.39, 0.29) is 30.3 Å². The van der Waals surface area contributed by atoms with Crippen LogP contribution < -0.4 is 10.2 Å². The Kier molecular flexibility index (Phi) is 10.6. The number of nitrogens with one attached hydrogen (secondary N) is 1. The third kappa shape index (κ3) is 8.99. The maximum Gasteiger partial charge on any atom is 0.419 e. The molecule has 0 radical (unpaired) electrons. The number of amides is 2. The van der Waals surface area contributed by atoms with Crippen molar-refractivity contribution in [3.05, 3.63) is 47.9 Å². The van der Waals surface area contributed by atoms with Crippen molar-refractivity contribution < 1.29 is 28.6 Å². The van der Waals surface area contributed by atoms with E-state index in [1.807, 2.05) is 53.7 Å². The summed E-state index contributed by atoms with van der Waals surface area (Å²) in [6, 6.07) is 7.46. The highest BCUT2D eigenvalue weighted by Crippen LogP contribution is 2.35. The minimum absolute atomic E-state index is 0.0847. The van der Waals surface area contributed by atoms with Gasteiger partial charge in [0.2, 0.25) is 0 Å². The molecule has 3 aromatic heterocycles. The lowest BCUT2D eigenvalue weighted by molar-refractivity contribution is -0.0536. The highest BCUT2D eigenvalue weighted by atomic mass is 16.6. The summed E-state index contributed by atoms with van der Waals surface area (Å²) in [5.74, 6) is 0.815. The minimum atomic E-state index is -0.663. The lowest BCUT2D eigenvalue weighted by Crippen LogP contribution is -2.45. The molecule has 276 valence electrons. The molecule has 3 aliphatic rings. The maximum atomic E-state index is 13.5. The molecule has 0 saturated carbocycles. The van der Waals surface area contributed by atoms with Gasteiger partial charge in [-0.3, -0.25) is 9.69 Å². The Balaban J connectivity index is 1.04. The first-order chi connectivity index (χ1) is 24.1. The molecule has 3 aliphatic heterocycles. The second-order valence-corrected chi connectivity index (χ2v) is 16.0. The number of hydrogen-bond acceptors (Lipinski definition) is 10. The molecule has 0 spiro atoms. The van der Waals surface area contributed by atoms with E-state index in [0.29, 0.717) is 30.0 Å². The third-order valence-electron chi connectivity index (χ3n) is 9.65. The summed E-state index contributed by atoms with van der Waals surface area (Å²) in [7, 11) is 2.07. The predicted molar refractivity (Wildman–Crippen MR) is 195 cm³/mol. The Labute approximate surface area is 300 Å². The van der Waals surface area contributed by atoms with Crippen LogP contribution in [0.4, 0.5) is 21.2 Å². The van der Waals surface area contributed by atoms with Crippen molar-refractivity contribution in [2.24, 2.45) is 0 Å². The molecular weight excluding hydrogens is 650 g/mol. The second kappa shape index (κ2) is 14.8. The zero-order valence-corrected chi connectivity index (χ0v) is 31.1. The molecule has 13 heteroatoms. The van der Waals surface area contributed by atoms with E-state index < -0.39 is 17.3 Å². The highest BCUT2D eigenvalue weighted by molar-refractivity contribution is 6.04. The van der Waals surface area contributed by atoms with E-state index in [0.717, 1.165) is 75.1 Å². The van der Waals surface area contributed by atoms with Gasteiger partial charge in [0.05, 0.1) is 29.3 Å². The monoisotopic (exact) mass is 703 g/mol. The molecule has 2 amide bonds. The number of hydrogen-bond donors (Lipinski definition) is 1. The Hall–Kier alpha value is -4.23. The van der Waals surface area contributed by atoms with Crippen molar-refractivity contribution in [1.29, 1.82) is 0 Å². The van der Waals surface area contributed by atoms with Crippen LogP contribution in [0.2, 0.25) is 0 Å². The number of aromatic nitrogens is 3. The number of carbonyl (C=O) groups excluding carboxylic acids is 3. The first kappa shape index (κ1) is 36.6. The number of rotatable bonds is 6. The van der Waals surface area contributed by atoms with E-state index in [2.05, 4.69) is 32.1 Å². The quantitative estimate of drug-likeness (QED) is 0.299. The van der Waals surface area contributed by atoms with Crippen LogP contribution in [0, 0.1) is 0 Å². The number of likely N-dealkylation sites (tertiary alicyclic amines) is 2. The molecule has 0 unspecified atom stereocenters. The van der Waals surface area contributed by atoms with Crippen LogP contribution in [-0.2, 0) is 14.2 Å². The summed E-state index contributed by atoms with van der Waals surface area (Å²) >= 11 is 0. The molecule has 3 fully saturated rings. The van der Waals surface area contributed by atoms with Gasteiger partial charge >= 0.3 is 12.2 Å². The summed E-state index contributed by atoms with van der Waals surface area (Å²) in [4.78, 5) is 54.5. The van der Waals surface area contributed by atoms with Crippen LogP contribution in [0.3, 0.4) is 0 Å². The van der Waals surface area contributed by atoms with Gasteiger partial charge in [0.1, 0.15) is 22.8 Å². The zero-order valence-electron chi connectivity index (χ0n) is 31.1. The number of ether oxygens (including phenoxy) is 3. The van der Waals surface area contributed by atoms with Gasteiger partial charge < -0.3 is 29.3 Å². The minimum Gasteiger partial charge on any atom is -0.444 e. The standard InChI is InChI=1S/C38H53N7O6/c1-37(2,3)50-35(47)44-19-14-28(15-20-44)49-27-12-17-43(18-13-27)33-11-10-25(23-40-33)34(46)41-32-22-30-26(24-39-32)21-31(29-9-8-16-42(29)7)45(30)36(48)51-38(4,5)6/h10-11,21-24,27-29H,8-9,12-20H2,1-7H3,(H,39,41,46)/t29-/m1/s1. The smallest absolute Gasteiger partial charge is 0.419 e. The molecule has 0 aromatic carbocycles. The van der Waals surface area contributed by atoms with Crippen molar-refractivity contribution in [2.45, 2.75) is 110 Å². The fraction of sp³-hybridized carbons (Fsp3) is 0.605. The summed E-state index contributed by atoms with van der Waals surface area (Å²) in [6.07, 6.45) is 8.25. The predicted octanol–water partition coefficient (Wildman–Crippen LogP) is 6.62. The average molecular weight is 704 g/mol. The van der Waals surface area contributed by atoms with Crippen LogP contribution in [0.25, 0.3) is 10.9 Å². The summed E-state index contributed by atoms with van der Waals surface area (Å²) < 4.78 is 19.4. The van der Waals surface area contributed by atoms with Crippen LogP contribution >= 0.6 is 0 Å². The van der Waals surface area contributed by atoms with E-state index in [1.165, 1.54) is 0 Å². The number of pyridine rings is 2.